The van der Waals surface area contributed by atoms with E-state index < -0.39 is 11.6 Å². The highest BCUT2D eigenvalue weighted by Gasteiger charge is 2.42. The zero-order chi connectivity index (χ0) is 19.3. The largest absolute Gasteiger partial charge is 0.506 e. The van der Waals surface area contributed by atoms with Crippen LogP contribution >= 0.6 is 0 Å². The van der Waals surface area contributed by atoms with Crippen molar-refractivity contribution in [2.45, 2.75) is 32.1 Å². The number of carbonyl (C=O) groups excluding carboxylic acids is 2. The zero-order valence-electron chi connectivity index (χ0n) is 15.7. The van der Waals surface area contributed by atoms with Crippen LogP contribution in [0.3, 0.4) is 0 Å². The fourth-order valence-corrected chi connectivity index (χ4v) is 5.09. The second-order valence-corrected chi connectivity index (χ2v) is 8.01. The van der Waals surface area contributed by atoms with E-state index in [0.29, 0.717) is 11.5 Å². The van der Waals surface area contributed by atoms with E-state index in [1.54, 1.807) is 0 Å². The molecule has 3 nitrogen and oxygen atoms in total. The van der Waals surface area contributed by atoms with Gasteiger partial charge in [0.05, 0.1) is 11.1 Å². The minimum atomic E-state index is -0.593. The molecule has 0 bridgehead atoms. The fraction of sp³-hybridized carbons (Fsp3) is 0.280. The number of hydrogen-bond donors (Lipinski definition) is 1. The van der Waals surface area contributed by atoms with Crippen molar-refractivity contribution >= 4 is 17.1 Å². The van der Waals surface area contributed by atoms with Gasteiger partial charge in [0.25, 0.3) is 0 Å². The molecule has 5 rings (SSSR count). The first-order valence-electron chi connectivity index (χ1n) is 10.1. The van der Waals surface area contributed by atoms with Gasteiger partial charge < -0.3 is 5.11 Å². The van der Waals surface area contributed by atoms with Crippen molar-refractivity contribution in [2.75, 3.05) is 0 Å². The second kappa shape index (κ2) is 6.59. The van der Waals surface area contributed by atoms with Crippen molar-refractivity contribution in [3.63, 3.8) is 0 Å². The number of fused-ring (bicyclic) bond motifs is 2. The maximum Gasteiger partial charge on any atom is 0.238 e. The maximum absolute atomic E-state index is 12.9. The van der Waals surface area contributed by atoms with Crippen LogP contribution < -0.4 is 0 Å². The van der Waals surface area contributed by atoms with Crippen LogP contribution in [0.15, 0.2) is 71.5 Å². The molecule has 1 N–H and O–H groups in total. The van der Waals surface area contributed by atoms with Crippen LogP contribution in [-0.4, -0.2) is 16.7 Å². The van der Waals surface area contributed by atoms with Gasteiger partial charge in [-0.25, -0.2) is 0 Å². The molecule has 0 heterocycles. The SMILES string of the molecule is O=C1C(=O)/C(=C2\C=CC3CCCCCC23)C(O)=C1c1ccc2cccccc1-2. The Bertz CT molecular complexity index is 1050. The van der Waals surface area contributed by atoms with Gasteiger partial charge in [0.2, 0.25) is 11.6 Å². The van der Waals surface area contributed by atoms with Crippen molar-refractivity contribution in [1.29, 1.82) is 0 Å². The van der Waals surface area contributed by atoms with Crippen LogP contribution in [-0.2, 0) is 9.59 Å². The molecule has 0 saturated heterocycles. The summed E-state index contributed by atoms with van der Waals surface area (Å²) in [6.45, 7) is 0. The van der Waals surface area contributed by atoms with Crippen LogP contribution in [0, 0.1) is 11.8 Å². The Labute approximate surface area is 164 Å². The van der Waals surface area contributed by atoms with Gasteiger partial charge >= 0.3 is 0 Å². The van der Waals surface area contributed by atoms with Crippen molar-refractivity contribution in [3.05, 3.63) is 77.1 Å². The lowest BCUT2D eigenvalue weighted by molar-refractivity contribution is -0.130. The summed E-state index contributed by atoms with van der Waals surface area (Å²) in [7, 11) is 0. The quantitative estimate of drug-likeness (QED) is 0.549. The first-order valence-corrected chi connectivity index (χ1v) is 10.1. The van der Waals surface area contributed by atoms with Crippen molar-refractivity contribution in [2.24, 2.45) is 11.8 Å². The third kappa shape index (κ3) is 2.50. The van der Waals surface area contributed by atoms with Crippen LogP contribution in [0.5, 0.6) is 0 Å². The third-order valence-corrected chi connectivity index (χ3v) is 6.48. The standard InChI is InChI=1S/C25H22O3/c26-23-21(19-13-11-15-7-3-1-5-9-17(15)19)24(27)25(28)22(23)20-14-12-16-8-4-2-6-10-18(16)20/h1,3,5,7,9,11-14,16,18,26H,2,4,6,8,10H2/b22-20+. The zero-order valence-corrected chi connectivity index (χ0v) is 15.7. The molecule has 0 amide bonds. The molecule has 0 spiro atoms. The van der Waals surface area contributed by atoms with Crippen molar-refractivity contribution in [3.8, 4) is 11.1 Å². The first kappa shape index (κ1) is 17.2. The summed E-state index contributed by atoms with van der Waals surface area (Å²) in [5.74, 6) is -0.636. The average molecular weight is 370 g/mol. The maximum atomic E-state index is 12.9. The molecule has 2 unspecified atom stereocenters. The predicted molar refractivity (Wildman–Crippen MR) is 109 cm³/mol. The Hall–Kier alpha value is -2.94. The highest BCUT2D eigenvalue weighted by molar-refractivity contribution is 6.63. The summed E-state index contributed by atoms with van der Waals surface area (Å²) in [6, 6.07) is 13.4. The lowest BCUT2D eigenvalue weighted by Gasteiger charge is -2.18. The molecule has 1 saturated carbocycles. The van der Waals surface area contributed by atoms with E-state index in [2.05, 4.69) is 6.08 Å². The lowest BCUT2D eigenvalue weighted by atomic mass is 9.85. The molecule has 28 heavy (non-hydrogen) atoms. The van der Waals surface area contributed by atoms with E-state index in [4.69, 9.17) is 0 Å². The van der Waals surface area contributed by atoms with E-state index in [1.165, 1.54) is 12.8 Å². The normalized spacial score (nSPS) is 27.6. The molecular weight excluding hydrogens is 348 g/mol. The molecule has 0 aromatic rings. The Morgan fingerprint density at radius 1 is 0.786 bits per heavy atom. The molecule has 5 aliphatic rings. The Balaban J connectivity index is 1.66. The van der Waals surface area contributed by atoms with Crippen molar-refractivity contribution < 1.29 is 14.7 Å². The summed E-state index contributed by atoms with van der Waals surface area (Å²) in [6.07, 6.45) is 9.80. The van der Waals surface area contributed by atoms with E-state index >= 15 is 0 Å². The Morgan fingerprint density at radius 2 is 1.57 bits per heavy atom. The molecule has 3 heteroatoms. The molecule has 5 aliphatic carbocycles. The summed E-state index contributed by atoms with van der Waals surface area (Å²) in [5, 5.41) is 11.1. The number of rotatable bonds is 1. The molecule has 0 aliphatic heterocycles. The van der Waals surface area contributed by atoms with E-state index in [9.17, 15) is 14.7 Å². The smallest absolute Gasteiger partial charge is 0.238 e. The van der Waals surface area contributed by atoms with Gasteiger partial charge in [-0.1, -0.05) is 73.9 Å². The van der Waals surface area contributed by atoms with Gasteiger partial charge in [0.15, 0.2) is 0 Å². The van der Waals surface area contributed by atoms with Gasteiger partial charge in [-0.15, -0.1) is 0 Å². The number of aliphatic hydroxyl groups excluding tert-OH is 1. The molecular formula is C25H22O3. The summed E-state index contributed by atoms with van der Waals surface area (Å²) in [5.41, 5.74) is 3.73. The predicted octanol–water partition coefficient (Wildman–Crippen LogP) is 5.28. The number of ketones is 2. The number of allylic oxidation sites excluding steroid dienone is 5. The number of aliphatic hydroxyl groups is 1. The van der Waals surface area contributed by atoms with E-state index in [1.807, 2.05) is 48.5 Å². The molecule has 0 aromatic carbocycles. The van der Waals surface area contributed by atoms with E-state index in [-0.39, 0.29) is 22.8 Å². The molecule has 1 fully saturated rings. The molecule has 0 radical (unpaired) electrons. The Morgan fingerprint density at radius 3 is 2.46 bits per heavy atom. The highest BCUT2D eigenvalue weighted by atomic mass is 16.3. The summed E-state index contributed by atoms with van der Waals surface area (Å²) in [4.78, 5) is 25.8. The number of hydrogen-bond acceptors (Lipinski definition) is 3. The second-order valence-electron chi connectivity index (χ2n) is 8.01. The minimum absolute atomic E-state index is 0.140. The molecule has 2 atom stereocenters. The Kier molecular flexibility index (Phi) is 4.04. The van der Waals surface area contributed by atoms with Crippen LogP contribution in [0.25, 0.3) is 16.7 Å². The van der Waals surface area contributed by atoms with Crippen molar-refractivity contribution in [1.82, 2.24) is 0 Å². The monoisotopic (exact) mass is 370 g/mol. The van der Waals surface area contributed by atoms with Crippen LogP contribution in [0.4, 0.5) is 0 Å². The number of Topliss-reactive ketones (excluding diaryl/α,β-unsaturated/α-hetero) is 2. The molecule has 0 aromatic heterocycles. The third-order valence-electron chi connectivity index (χ3n) is 6.48. The number of carbonyl (C=O) groups is 2. The lowest BCUT2D eigenvalue weighted by Crippen LogP contribution is -2.15. The van der Waals surface area contributed by atoms with Crippen LogP contribution in [0.2, 0.25) is 0 Å². The van der Waals surface area contributed by atoms with Gasteiger partial charge in [-0.2, -0.15) is 0 Å². The van der Waals surface area contributed by atoms with Gasteiger partial charge in [0.1, 0.15) is 5.76 Å². The summed E-state index contributed by atoms with van der Waals surface area (Å²) < 4.78 is 0. The molecule has 140 valence electrons. The van der Waals surface area contributed by atoms with Crippen LogP contribution in [0.1, 0.15) is 37.7 Å². The minimum Gasteiger partial charge on any atom is -0.506 e. The topological polar surface area (TPSA) is 54.4 Å². The van der Waals surface area contributed by atoms with Gasteiger partial charge in [-0.05, 0) is 46.9 Å². The van der Waals surface area contributed by atoms with E-state index in [0.717, 1.165) is 36.0 Å². The van der Waals surface area contributed by atoms with Gasteiger partial charge in [0, 0.05) is 0 Å². The van der Waals surface area contributed by atoms with Gasteiger partial charge in [-0.3, -0.25) is 9.59 Å². The highest BCUT2D eigenvalue weighted by Crippen LogP contribution is 2.46. The average Bonchev–Trinajstić information content (AvgIpc) is 3.16. The fourth-order valence-electron chi connectivity index (χ4n) is 5.09. The first-order chi connectivity index (χ1) is 13.7. The summed E-state index contributed by atoms with van der Waals surface area (Å²) >= 11 is 0.